The number of thiophene rings is 1. The summed E-state index contributed by atoms with van der Waals surface area (Å²) in [6, 6.07) is 6.68. The average Bonchev–Trinajstić information content (AvgIpc) is 3.43. The molecule has 0 amide bonds. The van der Waals surface area contributed by atoms with Gasteiger partial charge in [0.15, 0.2) is 16.3 Å². The summed E-state index contributed by atoms with van der Waals surface area (Å²) in [5.41, 5.74) is 1.34. The van der Waals surface area contributed by atoms with Crippen LogP contribution in [0.15, 0.2) is 50.7 Å². The number of aromatic nitrogens is 1. The molecule has 2 aromatic heterocycles. The summed E-state index contributed by atoms with van der Waals surface area (Å²) in [5.74, 6) is 0.461. The van der Waals surface area contributed by atoms with Gasteiger partial charge in [-0.2, -0.15) is 0 Å². The minimum atomic E-state index is -0.601. The first-order valence-electron chi connectivity index (χ1n) is 10.6. The molecule has 0 radical (unpaired) electrons. The van der Waals surface area contributed by atoms with Crippen LogP contribution in [0, 0.1) is 0 Å². The first-order chi connectivity index (χ1) is 16.4. The number of methoxy groups -OCH3 is 1. The third kappa shape index (κ3) is 4.43. The zero-order valence-electron chi connectivity index (χ0n) is 19.1. The second kappa shape index (κ2) is 10.2. The van der Waals surface area contributed by atoms with E-state index in [9.17, 15) is 9.59 Å². The van der Waals surface area contributed by atoms with E-state index >= 15 is 0 Å². The number of fused-ring (bicyclic) bond motifs is 1. The summed E-state index contributed by atoms with van der Waals surface area (Å²) in [5, 5.41) is 2.30. The van der Waals surface area contributed by atoms with Gasteiger partial charge in [-0.25, -0.2) is 9.79 Å². The molecule has 7 nitrogen and oxygen atoms in total. The molecule has 3 heterocycles. The van der Waals surface area contributed by atoms with Gasteiger partial charge in [0.1, 0.15) is 6.04 Å². The fourth-order valence-corrected chi connectivity index (χ4v) is 5.91. The smallest absolute Gasteiger partial charge is 0.338 e. The quantitative estimate of drug-likeness (QED) is 0.443. The van der Waals surface area contributed by atoms with E-state index in [1.165, 1.54) is 29.8 Å². The van der Waals surface area contributed by atoms with Crippen LogP contribution in [0.5, 0.6) is 11.5 Å². The predicted octanol–water partition coefficient (Wildman–Crippen LogP) is 3.92. The summed E-state index contributed by atoms with van der Waals surface area (Å²) in [4.78, 5) is 32.4. The van der Waals surface area contributed by atoms with E-state index in [1.54, 1.807) is 36.6 Å². The monoisotopic (exact) mass is 518 g/mol. The minimum Gasteiger partial charge on any atom is -0.493 e. The van der Waals surface area contributed by atoms with Crippen LogP contribution in [0.25, 0.3) is 6.08 Å². The van der Waals surface area contributed by atoms with Gasteiger partial charge < -0.3 is 14.2 Å². The molecule has 10 heteroatoms. The van der Waals surface area contributed by atoms with Crippen molar-refractivity contribution in [3.05, 3.63) is 76.1 Å². The van der Waals surface area contributed by atoms with E-state index in [4.69, 9.17) is 25.8 Å². The van der Waals surface area contributed by atoms with Crippen molar-refractivity contribution in [2.75, 3.05) is 20.3 Å². The van der Waals surface area contributed by atoms with Crippen molar-refractivity contribution in [2.45, 2.75) is 26.8 Å². The van der Waals surface area contributed by atoms with E-state index in [0.29, 0.717) is 49.3 Å². The summed E-state index contributed by atoms with van der Waals surface area (Å²) >= 11 is 9.14. The molecule has 4 rings (SSSR count). The fourth-order valence-electron chi connectivity index (χ4n) is 3.77. The fraction of sp³-hybridized carbons (Fsp3) is 0.292. The van der Waals surface area contributed by atoms with Gasteiger partial charge in [-0.05, 0) is 56.0 Å². The number of allylic oxidation sites excluding steroid dienone is 1. The van der Waals surface area contributed by atoms with Crippen molar-refractivity contribution >= 4 is 46.3 Å². The zero-order chi connectivity index (χ0) is 24.4. The largest absolute Gasteiger partial charge is 0.493 e. The van der Waals surface area contributed by atoms with Gasteiger partial charge in [-0.3, -0.25) is 9.36 Å². The molecule has 1 aromatic carbocycles. The van der Waals surface area contributed by atoms with Gasteiger partial charge in [-0.15, -0.1) is 11.3 Å². The number of carbonyl (C=O) groups excluding carboxylic acids is 1. The number of esters is 1. The number of nitrogens with zero attached hydrogens (tertiary/aromatic N) is 2. The number of ether oxygens (including phenoxy) is 3. The summed E-state index contributed by atoms with van der Waals surface area (Å²) in [6.07, 6.45) is 1.74. The first kappa shape index (κ1) is 24.3. The Morgan fingerprint density at radius 2 is 2.09 bits per heavy atom. The molecule has 0 unspecified atom stereocenters. The highest BCUT2D eigenvalue weighted by Gasteiger charge is 2.33. The highest BCUT2D eigenvalue weighted by molar-refractivity contribution is 7.10. The summed E-state index contributed by atoms with van der Waals surface area (Å²) in [7, 11) is 1.53. The van der Waals surface area contributed by atoms with Crippen LogP contribution in [0.1, 0.15) is 37.3 Å². The molecule has 0 bridgehead atoms. The highest BCUT2D eigenvalue weighted by atomic mass is 35.5. The number of rotatable bonds is 7. The van der Waals surface area contributed by atoms with Gasteiger partial charge in [0, 0.05) is 4.88 Å². The van der Waals surface area contributed by atoms with Crippen LogP contribution in [-0.4, -0.2) is 30.9 Å². The second-order valence-electron chi connectivity index (χ2n) is 7.28. The Hall–Kier alpha value is -2.88. The average molecular weight is 519 g/mol. The van der Waals surface area contributed by atoms with Gasteiger partial charge in [0.05, 0.1) is 41.1 Å². The van der Waals surface area contributed by atoms with E-state index in [-0.39, 0.29) is 12.2 Å². The van der Waals surface area contributed by atoms with E-state index in [0.717, 1.165) is 4.88 Å². The second-order valence-corrected chi connectivity index (χ2v) is 9.68. The van der Waals surface area contributed by atoms with Crippen molar-refractivity contribution in [1.29, 1.82) is 0 Å². The zero-order valence-corrected chi connectivity index (χ0v) is 21.5. The standard InChI is InChI=1S/C24H23ClN2O5S2/c1-5-31-21-15(25)10-14(11-16(21)30-4)12-18-22(28)27-20(17-8-7-9-33-17)19(23(29)32-6-2)13(3)26-24(27)34-18/h7-12,20H,5-6H2,1-4H3/b18-12-/t20-/m1/s1. The van der Waals surface area contributed by atoms with E-state index in [2.05, 4.69) is 4.99 Å². The maximum absolute atomic E-state index is 13.6. The summed E-state index contributed by atoms with van der Waals surface area (Å²) < 4.78 is 18.3. The van der Waals surface area contributed by atoms with Crippen molar-refractivity contribution in [3.63, 3.8) is 0 Å². The third-order valence-electron chi connectivity index (χ3n) is 5.17. The maximum atomic E-state index is 13.6. The number of thiazole rings is 1. The molecule has 1 aliphatic heterocycles. The number of benzene rings is 1. The van der Waals surface area contributed by atoms with Gasteiger partial charge >= 0.3 is 5.97 Å². The Morgan fingerprint density at radius 1 is 1.29 bits per heavy atom. The van der Waals surface area contributed by atoms with Crippen LogP contribution in [0.4, 0.5) is 0 Å². The van der Waals surface area contributed by atoms with Gasteiger partial charge in [-0.1, -0.05) is 29.0 Å². The molecule has 3 aromatic rings. The lowest BCUT2D eigenvalue weighted by molar-refractivity contribution is -0.139. The lowest BCUT2D eigenvalue weighted by Crippen LogP contribution is -2.39. The van der Waals surface area contributed by atoms with E-state index < -0.39 is 12.0 Å². The molecular formula is C24H23ClN2O5S2. The molecular weight excluding hydrogens is 496 g/mol. The van der Waals surface area contributed by atoms with Crippen LogP contribution in [0.2, 0.25) is 5.02 Å². The summed E-state index contributed by atoms with van der Waals surface area (Å²) in [6.45, 7) is 6.05. The molecule has 178 valence electrons. The van der Waals surface area contributed by atoms with Crippen molar-refractivity contribution in [1.82, 2.24) is 4.57 Å². The maximum Gasteiger partial charge on any atom is 0.338 e. The van der Waals surface area contributed by atoms with Crippen LogP contribution < -0.4 is 24.4 Å². The number of hydrogen-bond acceptors (Lipinski definition) is 8. The SMILES string of the molecule is CCOC(=O)C1=C(C)N=c2s/c(=C\c3cc(Cl)c(OCC)c(OC)c3)c(=O)n2[C@@H]1c1cccs1. The lowest BCUT2D eigenvalue weighted by Gasteiger charge is -2.23. The normalized spacial score (nSPS) is 15.7. The molecule has 0 saturated carbocycles. The Balaban J connectivity index is 1.90. The van der Waals surface area contributed by atoms with Crippen molar-refractivity contribution in [2.24, 2.45) is 4.99 Å². The predicted molar refractivity (Wildman–Crippen MR) is 134 cm³/mol. The molecule has 1 atom stereocenters. The topological polar surface area (TPSA) is 79.1 Å². The molecule has 34 heavy (non-hydrogen) atoms. The molecule has 0 spiro atoms. The Kier molecular flexibility index (Phi) is 7.25. The Bertz CT molecular complexity index is 1440. The van der Waals surface area contributed by atoms with Crippen molar-refractivity contribution in [3.8, 4) is 11.5 Å². The number of halogens is 1. The van der Waals surface area contributed by atoms with Gasteiger partial charge in [0.25, 0.3) is 5.56 Å². The van der Waals surface area contributed by atoms with E-state index in [1.807, 2.05) is 24.4 Å². The number of hydrogen-bond donors (Lipinski definition) is 0. The lowest BCUT2D eigenvalue weighted by atomic mass is 10.0. The minimum absolute atomic E-state index is 0.234. The third-order valence-corrected chi connectivity index (χ3v) is 7.36. The van der Waals surface area contributed by atoms with Crippen molar-refractivity contribution < 1.29 is 19.0 Å². The number of carbonyl (C=O) groups is 1. The first-order valence-corrected chi connectivity index (χ1v) is 12.7. The Morgan fingerprint density at radius 3 is 2.74 bits per heavy atom. The van der Waals surface area contributed by atoms with Gasteiger partial charge in [0.2, 0.25) is 0 Å². The Labute approximate surface area is 209 Å². The highest BCUT2D eigenvalue weighted by Crippen LogP contribution is 2.37. The molecule has 0 N–H and O–H groups in total. The van der Waals surface area contributed by atoms with Crippen LogP contribution >= 0.6 is 34.3 Å². The molecule has 0 fully saturated rings. The van der Waals surface area contributed by atoms with Crippen LogP contribution in [0.3, 0.4) is 0 Å². The van der Waals surface area contributed by atoms with Crippen LogP contribution in [-0.2, 0) is 9.53 Å². The molecule has 1 aliphatic rings. The molecule has 0 saturated heterocycles. The molecule has 0 aliphatic carbocycles.